The van der Waals surface area contributed by atoms with E-state index in [-0.39, 0.29) is 47.0 Å². The van der Waals surface area contributed by atoms with Crippen LogP contribution in [0.3, 0.4) is 0 Å². The fourth-order valence-electron chi connectivity index (χ4n) is 14.8. The van der Waals surface area contributed by atoms with Crippen molar-refractivity contribution in [3.8, 4) is 22.3 Å². The predicted octanol–water partition coefficient (Wildman–Crippen LogP) is 17.3. The molecule has 2 unspecified atom stereocenters. The van der Waals surface area contributed by atoms with Gasteiger partial charge in [0, 0.05) is 0 Å². The first-order valence-electron chi connectivity index (χ1n) is 24.0. The van der Waals surface area contributed by atoms with Crippen LogP contribution in [0.4, 0.5) is 13.2 Å². The molecule has 4 bridgehead atoms. The van der Waals surface area contributed by atoms with Crippen LogP contribution in [0.1, 0.15) is 164 Å². The van der Waals surface area contributed by atoms with Crippen molar-refractivity contribution in [2.45, 2.75) is 145 Å². The molecule has 7 heteroatoms. The summed E-state index contributed by atoms with van der Waals surface area (Å²) in [4.78, 5) is 0. The minimum absolute atomic E-state index is 0. The molecule has 0 amide bonds. The molecule has 4 aromatic carbocycles. The normalized spacial score (nSPS) is 27.0. The average molecular weight is 989 g/mol. The van der Waals surface area contributed by atoms with Gasteiger partial charge in [-0.15, -0.1) is 24.8 Å². The third-order valence-electron chi connectivity index (χ3n) is 17.9. The van der Waals surface area contributed by atoms with Crippen molar-refractivity contribution in [2.75, 3.05) is 0 Å². The molecular weight excluding hydrogens is 920 g/mol. The van der Waals surface area contributed by atoms with Gasteiger partial charge in [-0.05, 0) is 0 Å². The number of halogens is 5. The van der Waals surface area contributed by atoms with Crippen LogP contribution in [-0.4, -0.2) is 13.1 Å². The molecule has 10 rings (SSSR count). The van der Waals surface area contributed by atoms with Crippen molar-refractivity contribution in [3.05, 3.63) is 129 Å². The Kier molecular flexibility index (Phi) is 12.9. The van der Waals surface area contributed by atoms with Crippen molar-refractivity contribution in [1.82, 2.24) is 0 Å². The van der Waals surface area contributed by atoms with Crippen LogP contribution in [0.15, 0.2) is 96.1 Å². The van der Waals surface area contributed by atoms with Gasteiger partial charge in [0.05, 0.1) is 0 Å². The van der Waals surface area contributed by atoms with E-state index in [1.165, 1.54) is 131 Å². The summed E-state index contributed by atoms with van der Waals surface area (Å²) >= 11 is -4.87. The van der Waals surface area contributed by atoms with Crippen molar-refractivity contribution in [2.24, 2.45) is 22.7 Å². The molecule has 0 N–H and O–H groups in total. The molecule has 0 spiro atoms. The molecule has 6 aliphatic rings. The van der Waals surface area contributed by atoms with Gasteiger partial charge >= 0.3 is 369 Å². The van der Waals surface area contributed by atoms with Crippen LogP contribution in [-0.2, 0) is 17.4 Å². The quantitative estimate of drug-likeness (QED) is 0.124. The second kappa shape index (κ2) is 17.2. The van der Waals surface area contributed by atoms with Crippen LogP contribution >= 0.6 is 24.8 Å². The Morgan fingerprint density at radius 2 is 0.984 bits per heavy atom. The summed E-state index contributed by atoms with van der Waals surface area (Å²) in [7, 11) is 0. The summed E-state index contributed by atoms with van der Waals surface area (Å²) in [5, 5.41) is 0. The third-order valence-corrected chi connectivity index (χ3v) is 40.8. The smallest absolute Gasteiger partial charge is 0.147 e. The monoisotopic (exact) mass is 986 g/mol. The van der Waals surface area contributed by atoms with E-state index in [9.17, 15) is 0 Å². The maximum Gasteiger partial charge on any atom is -0.147 e. The molecule has 0 aromatic heterocycles. The Morgan fingerprint density at radius 1 is 0.603 bits per heavy atom. The Balaban J connectivity index is 0.00000272. The number of rotatable bonds is 12. The van der Waals surface area contributed by atoms with E-state index in [1.807, 2.05) is 0 Å². The van der Waals surface area contributed by atoms with Gasteiger partial charge in [-0.3, -0.25) is 0 Å². The Labute approximate surface area is 391 Å². The van der Waals surface area contributed by atoms with Gasteiger partial charge in [-0.25, -0.2) is 0 Å². The van der Waals surface area contributed by atoms with Crippen LogP contribution < -0.4 is 0 Å². The summed E-state index contributed by atoms with van der Waals surface area (Å²) in [5.74, 6) is 2.54. The average Bonchev–Trinajstić information content (AvgIpc) is 4.10. The Morgan fingerprint density at radius 3 is 1.30 bits per heavy atom. The first-order chi connectivity index (χ1) is 29.0. The van der Waals surface area contributed by atoms with Crippen LogP contribution in [0, 0.1) is 22.7 Å². The van der Waals surface area contributed by atoms with E-state index in [4.69, 9.17) is 0 Å². The van der Waals surface area contributed by atoms with Crippen LogP contribution in [0.5, 0.6) is 0 Å². The Hall–Kier alpha value is -2.17. The largest absolute Gasteiger partial charge is 0.147 e. The zero-order valence-corrected chi connectivity index (χ0v) is 43.8. The van der Waals surface area contributed by atoms with Gasteiger partial charge in [0.25, 0.3) is 0 Å². The number of hydrogen-bond acceptors (Lipinski definition) is 0. The van der Waals surface area contributed by atoms with E-state index in [1.54, 1.807) is 0 Å². The summed E-state index contributed by atoms with van der Waals surface area (Å²) in [6.45, 7) is 11.2. The summed E-state index contributed by atoms with van der Waals surface area (Å²) in [6.07, 6.45) is 15.2. The Bertz CT molecular complexity index is 2320. The maximum atomic E-state index is 15.2. The van der Waals surface area contributed by atoms with Crippen molar-refractivity contribution < 1.29 is 30.6 Å². The van der Waals surface area contributed by atoms with E-state index in [0.29, 0.717) is 11.8 Å². The predicted molar refractivity (Wildman–Crippen MR) is 265 cm³/mol. The number of fused-ring (bicyclic) bond motifs is 6. The zero-order valence-electron chi connectivity index (χ0n) is 38.3. The van der Waals surface area contributed by atoms with Gasteiger partial charge in [-0.2, -0.15) is 0 Å². The maximum absolute atomic E-state index is 15.2. The van der Waals surface area contributed by atoms with E-state index >= 15 is 13.2 Å². The first kappa shape index (κ1) is 47.3. The summed E-state index contributed by atoms with van der Waals surface area (Å²) in [6, 6.07) is 32.0. The minimum Gasteiger partial charge on any atom is -0.147 e. The molecule has 0 saturated heterocycles. The molecule has 336 valence electrons. The molecule has 4 saturated carbocycles. The van der Waals surface area contributed by atoms with Crippen LogP contribution in [0.25, 0.3) is 34.4 Å². The standard InChI is InChI=1S/2C26H29.C3H4F3.CH3.2ClH.H2Si.Zr/c2*1-18(2)21-6-8-22(9-7-21)24-5-3-4-23-14-20(15-25(23)24)17-26-12-10-19(16-26)11-13-26;1-2-3(4,5)6;;;;;/h2*3-9,14-15,18-19H,10-13,16-17H2,1-2H3;1-2H2;1H3;2*1H;1H2;. The second-order valence-corrected chi connectivity index (χ2v) is 51.2. The third kappa shape index (κ3) is 8.46. The molecule has 0 heterocycles. The van der Waals surface area contributed by atoms with Gasteiger partial charge in [-0.1, -0.05) is 0 Å². The van der Waals surface area contributed by atoms with E-state index in [2.05, 4.69) is 136 Å². The number of allylic oxidation sites excluding steroid dienone is 2. The fraction of sp³-hybridized carbons (Fsp3) is 0.500. The van der Waals surface area contributed by atoms with Gasteiger partial charge < -0.3 is 0 Å². The molecule has 0 nitrogen and oxygen atoms in total. The zero-order chi connectivity index (χ0) is 42.6. The molecule has 0 radical (unpaired) electrons. The second-order valence-electron chi connectivity index (χ2n) is 22.8. The van der Waals surface area contributed by atoms with Crippen molar-refractivity contribution in [1.29, 1.82) is 0 Å². The van der Waals surface area contributed by atoms with Gasteiger partial charge in [0.1, 0.15) is 0 Å². The van der Waals surface area contributed by atoms with Crippen molar-refractivity contribution in [3.63, 3.8) is 0 Å². The number of alkyl halides is 3. The molecular formula is C56H69Cl2F3SiZr. The SMILES string of the molecule is CC(C)c1ccc(-c2cccc3c2C=C(CC24CCC(CC2)C4)[CH]3[Zr]([CH3])(=[SiH2])([CH2]CC(F)(F)F)[CH]2C(CC34CCC(CC3)C4)=Cc3c(-c4ccc(C(C)C)cc4)cccc32)cc1.Cl.Cl. The number of hydrogen-bond donors (Lipinski definition) is 0. The molecule has 0 aliphatic heterocycles. The number of benzene rings is 4. The topological polar surface area (TPSA) is 0 Å². The van der Waals surface area contributed by atoms with E-state index in [0.717, 1.165) is 24.7 Å². The molecule has 4 aromatic rings. The van der Waals surface area contributed by atoms with Crippen LogP contribution in [0.2, 0.25) is 8.76 Å². The van der Waals surface area contributed by atoms with Crippen molar-refractivity contribution >= 4 is 43.8 Å². The molecule has 63 heavy (non-hydrogen) atoms. The fourth-order valence-corrected chi connectivity index (χ4v) is 38.4. The van der Waals surface area contributed by atoms with E-state index < -0.39 is 30.0 Å². The molecule has 2 atom stereocenters. The minimum atomic E-state index is -4.87. The van der Waals surface area contributed by atoms with Gasteiger partial charge in [0.15, 0.2) is 0 Å². The first-order valence-corrected chi connectivity index (χ1v) is 37.0. The molecule has 4 fully saturated rings. The van der Waals surface area contributed by atoms with Gasteiger partial charge in [0.2, 0.25) is 0 Å². The summed E-state index contributed by atoms with van der Waals surface area (Å²) < 4.78 is 48.5. The summed E-state index contributed by atoms with van der Waals surface area (Å²) in [5.41, 5.74) is 16.4. The molecule has 6 aliphatic carbocycles.